The molecule has 13 heteroatoms. The van der Waals surface area contributed by atoms with Gasteiger partial charge in [0.15, 0.2) is 0 Å². The molecule has 4 aromatic rings. The van der Waals surface area contributed by atoms with Gasteiger partial charge in [-0.25, -0.2) is 19.7 Å². The monoisotopic (exact) mass is 606 g/mol. The topological polar surface area (TPSA) is 108 Å². The molecule has 5 rings (SSSR count). The van der Waals surface area contributed by atoms with Gasteiger partial charge in [0.2, 0.25) is 11.8 Å². The Morgan fingerprint density at radius 2 is 1.89 bits per heavy atom. The van der Waals surface area contributed by atoms with Crippen molar-refractivity contribution in [3.63, 3.8) is 0 Å². The summed E-state index contributed by atoms with van der Waals surface area (Å²) in [7, 11) is 5.51. The predicted octanol–water partition coefficient (Wildman–Crippen LogP) is 6.83. The van der Waals surface area contributed by atoms with Crippen molar-refractivity contribution in [1.82, 2.24) is 19.9 Å². The summed E-state index contributed by atoms with van der Waals surface area (Å²) in [5, 5.41) is 8.26. The molecule has 2 aromatic carbocycles. The first kappa shape index (κ1) is 30.5. The quantitative estimate of drug-likeness (QED) is 0.200. The minimum Gasteiger partial charge on any atom is -0.438 e. The Kier molecular flexibility index (Phi) is 8.86. The number of carbonyl (C=O) groups is 1. The van der Waals surface area contributed by atoms with E-state index in [2.05, 4.69) is 35.8 Å². The van der Waals surface area contributed by atoms with Crippen molar-refractivity contribution < 1.29 is 22.7 Å². The molecule has 1 atom stereocenters. The van der Waals surface area contributed by atoms with Crippen molar-refractivity contribution in [2.24, 2.45) is 0 Å². The lowest BCUT2D eigenvalue weighted by atomic mass is 10.1. The van der Waals surface area contributed by atoms with Gasteiger partial charge in [-0.3, -0.25) is 4.90 Å². The van der Waals surface area contributed by atoms with E-state index in [4.69, 9.17) is 4.74 Å². The summed E-state index contributed by atoms with van der Waals surface area (Å²) in [5.41, 5.74) is 2.12. The van der Waals surface area contributed by atoms with Crippen LogP contribution < -0.4 is 25.6 Å². The highest BCUT2D eigenvalue weighted by Crippen LogP contribution is 2.37. The number of aromatic nitrogens is 3. The molecule has 1 saturated heterocycles. The third-order valence-corrected chi connectivity index (χ3v) is 7.45. The number of likely N-dealkylation sites (tertiary alicyclic amines) is 1. The van der Waals surface area contributed by atoms with Gasteiger partial charge >= 0.3 is 12.2 Å². The molecule has 0 spiro atoms. The van der Waals surface area contributed by atoms with Crippen LogP contribution in [0.3, 0.4) is 0 Å². The molecule has 3 heterocycles. The Labute approximate surface area is 253 Å². The molecule has 10 nitrogen and oxygen atoms in total. The van der Waals surface area contributed by atoms with Crippen LogP contribution in [0.5, 0.6) is 11.6 Å². The van der Waals surface area contributed by atoms with Crippen molar-refractivity contribution >= 4 is 29.0 Å². The van der Waals surface area contributed by atoms with Crippen molar-refractivity contribution in [3.05, 3.63) is 78.1 Å². The molecule has 1 aliphatic rings. The predicted molar refractivity (Wildman–Crippen MR) is 164 cm³/mol. The molecule has 0 aliphatic carbocycles. The minimum absolute atomic E-state index is 0.00450. The van der Waals surface area contributed by atoms with Crippen LogP contribution in [-0.2, 0) is 6.18 Å². The summed E-state index contributed by atoms with van der Waals surface area (Å²) in [6.07, 6.45) is 0.535. The third kappa shape index (κ3) is 6.83. The molecule has 3 N–H and O–H groups in total. The van der Waals surface area contributed by atoms with Gasteiger partial charge in [-0.05, 0) is 93.5 Å². The normalized spacial score (nSPS) is 15.1. The molecule has 0 unspecified atom stereocenters. The average molecular weight is 607 g/mol. The van der Waals surface area contributed by atoms with Gasteiger partial charge in [-0.1, -0.05) is 0 Å². The number of pyridine rings is 1. The maximum absolute atomic E-state index is 13.6. The van der Waals surface area contributed by atoms with Gasteiger partial charge in [0.05, 0.1) is 34.4 Å². The van der Waals surface area contributed by atoms with E-state index in [1.807, 2.05) is 32.0 Å². The standard InChI is InChI=1S/C31H33F3N8O2/c1-19-17-21(10-12-26(19)44-28-22(7-5-14-36-28)23-13-15-37-29(35-2)39-23)38-30(43)40-24-18-20(31(32,33)34)9-11-25(24)42(4)27-8-6-16-41(27)3/h5,7,9-15,17-18,27H,6,8,16H2,1-4H3,(H,35,37,39)(H2,38,40,43)/t27-/m0/s1. The number of amides is 2. The Morgan fingerprint density at radius 3 is 2.59 bits per heavy atom. The van der Waals surface area contributed by atoms with E-state index in [1.165, 1.54) is 6.07 Å². The highest BCUT2D eigenvalue weighted by molar-refractivity contribution is 6.02. The number of rotatable bonds is 8. The van der Waals surface area contributed by atoms with E-state index < -0.39 is 17.8 Å². The number of urea groups is 1. The van der Waals surface area contributed by atoms with Crippen LogP contribution in [0.1, 0.15) is 24.0 Å². The molecule has 44 heavy (non-hydrogen) atoms. The number of hydrogen-bond acceptors (Lipinski definition) is 8. The fourth-order valence-corrected chi connectivity index (χ4v) is 5.19. The van der Waals surface area contributed by atoms with Crippen LogP contribution in [0.2, 0.25) is 0 Å². The van der Waals surface area contributed by atoms with E-state index >= 15 is 0 Å². The molecule has 1 aliphatic heterocycles. The van der Waals surface area contributed by atoms with Crippen molar-refractivity contribution in [2.45, 2.75) is 32.1 Å². The zero-order valence-corrected chi connectivity index (χ0v) is 24.7. The summed E-state index contributed by atoms with van der Waals surface area (Å²) in [6, 6.07) is 13.1. The molecule has 0 radical (unpaired) electrons. The van der Waals surface area contributed by atoms with Crippen LogP contribution in [0.4, 0.5) is 41.0 Å². The lowest BCUT2D eigenvalue weighted by molar-refractivity contribution is -0.137. The van der Waals surface area contributed by atoms with Crippen LogP contribution in [-0.4, -0.2) is 59.7 Å². The first-order valence-corrected chi connectivity index (χ1v) is 14.0. The zero-order valence-electron chi connectivity index (χ0n) is 24.7. The molecular weight excluding hydrogens is 573 g/mol. The van der Waals surface area contributed by atoms with E-state index in [9.17, 15) is 18.0 Å². The van der Waals surface area contributed by atoms with Crippen molar-refractivity contribution in [3.8, 4) is 22.9 Å². The number of benzene rings is 2. The fourth-order valence-electron chi connectivity index (χ4n) is 5.19. The van der Waals surface area contributed by atoms with Crippen LogP contribution in [0, 0.1) is 6.92 Å². The van der Waals surface area contributed by atoms with Gasteiger partial charge in [0.1, 0.15) is 5.75 Å². The van der Waals surface area contributed by atoms with Crippen LogP contribution in [0.15, 0.2) is 67.0 Å². The summed E-state index contributed by atoms with van der Waals surface area (Å²) < 4.78 is 46.8. The highest BCUT2D eigenvalue weighted by Gasteiger charge is 2.33. The van der Waals surface area contributed by atoms with Gasteiger partial charge in [-0.15, -0.1) is 0 Å². The van der Waals surface area contributed by atoms with E-state index in [0.29, 0.717) is 45.8 Å². The Bertz CT molecular complexity index is 1650. The summed E-state index contributed by atoms with van der Waals surface area (Å²) >= 11 is 0. The second kappa shape index (κ2) is 12.8. The molecule has 230 valence electrons. The highest BCUT2D eigenvalue weighted by atomic mass is 19.4. The number of anilines is 4. The number of alkyl halides is 3. The Hall–Kier alpha value is -4.91. The van der Waals surface area contributed by atoms with Crippen molar-refractivity contribution in [1.29, 1.82) is 0 Å². The van der Waals surface area contributed by atoms with Gasteiger partial charge in [0.25, 0.3) is 0 Å². The molecular formula is C31H33F3N8O2. The fraction of sp³-hybridized carbons (Fsp3) is 0.290. The first-order valence-electron chi connectivity index (χ1n) is 14.0. The Morgan fingerprint density at radius 1 is 1.07 bits per heavy atom. The number of ether oxygens (including phenoxy) is 1. The average Bonchev–Trinajstić information content (AvgIpc) is 3.43. The third-order valence-electron chi connectivity index (χ3n) is 7.45. The zero-order chi connectivity index (χ0) is 31.4. The number of aryl methyl sites for hydroxylation is 1. The van der Waals surface area contributed by atoms with Gasteiger partial charge < -0.3 is 25.6 Å². The molecule has 2 amide bonds. The minimum atomic E-state index is -4.56. The molecule has 2 aromatic heterocycles. The van der Waals surface area contributed by atoms with Crippen LogP contribution >= 0.6 is 0 Å². The second-order valence-corrected chi connectivity index (χ2v) is 10.5. The van der Waals surface area contributed by atoms with Gasteiger partial charge in [-0.2, -0.15) is 13.2 Å². The second-order valence-electron chi connectivity index (χ2n) is 10.5. The lowest BCUT2D eigenvalue weighted by Gasteiger charge is -2.33. The molecule has 0 saturated carbocycles. The van der Waals surface area contributed by atoms with E-state index in [-0.39, 0.29) is 11.9 Å². The number of hydrogen-bond donors (Lipinski definition) is 3. The number of carbonyl (C=O) groups excluding carboxylic acids is 1. The lowest BCUT2D eigenvalue weighted by Crippen LogP contribution is -2.41. The maximum atomic E-state index is 13.6. The van der Waals surface area contributed by atoms with E-state index in [1.54, 1.807) is 49.8 Å². The Balaban J connectivity index is 1.33. The van der Waals surface area contributed by atoms with Crippen LogP contribution in [0.25, 0.3) is 11.3 Å². The SMILES string of the molecule is CNc1nccc(-c2cccnc2Oc2ccc(NC(=O)Nc3cc(C(F)(F)F)ccc3N(C)[C@H]3CCCN3C)cc2C)n1. The largest absolute Gasteiger partial charge is 0.438 e. The summed E-state index contributed by atoms with van der Waals surface area (Å²) in [4.78, 5) is 30.1. The number of halogens is 3. The molecule has 0 bridgehead atoms. The number of nitrogens with zero attached hydrogens (tertiary/aromatic N) is 5. The maximum Gasteiger partial charge on any atom is 0.416 e. The van der Waals surface area contributed by atoms with Gasteiger partial charge in [0, 0.05) is 32.2 Å². The van der Waals surface area contributed by atoms with E-state index in [0.717, 1.165) is 31.5 Å². The van der Waals surface area contributed by atoms with Crippen molar-refractivity contribution in [2.75, 3.05) is 48.5 Å². The summed E-state index contributed by atoms with van der Waals surface area (Å²) in [6.45, 7) is 2.69. The summed E-state index contributed by atoms with van der Waals surface area (Å²) in [5.74, 6) is 1.29. The molecule has 1 fully saturated rings. The number of nitrogens with one attached hydrogen (secondary N) is 3. The first-order chi connectivity index (χ1) is 21.0. The smallest absolute Gasteiger partial charge is 0.416 e.